The largest absolute Gasteiger partial charge is 0.341 e. The molecule has 0 spiro atoms. The molecule has 0 saturated carbocycles. The summed E-state index contributed by atoms with van der Waals surface area (Å²) >= 11 is 0. The van der Waals surface area contributed by atoms with Gasteiger partial charge in [-0.05, 0) is 38.5 Å². The minimum absolute atomic E-state index is 0.165. The lowest BCUT2D eigenvalue weighted by Gasteiger charge is -2.10. The van der Waals surface area contributed by atoms with E-state index in [4.69, 9.17) is 4.52 Å². The fourth-order valence-corrected chi connectivity index (χ4v) is 2.47. The molecule has 5 heteroatoms. The highest BCUT2D eigenvalue weighted by Crippen LogP contribution is 2.22. The van der Waals surface area contributed by atoms with E-state index in [2.05, 4.69) is 15.5 Å². The van der Waals surface area contributed by atoms with E-state index >= 15 is 0 Å². The third kappa shape index (κ3) is 3.35. The van der Waals surface area contributed by atoms with Gasteiger partial charge in [-0.15, -0.1) is 0 Å². The Morgan fingerprint density at radius 3 is 2.67 bits per heavy atom. The Balaban J connectivity index is 1.75. The second-order valence-electron chi connectivity index (χ2n) is 5.84. The van der Waals surface area contributed by atoms with Crippen molar-refractivity contribution in [3.63, 3.8) is 0 Å². The van der Waals surface area contributed by atoms with Crippen LogP contribution in [0.25, 0.3) is 11.4 Å². The summed E-state index contributed by atoms with van der Waals surface area (Å²) in [6.45, 7) is 5.77. The third-order valence-electron chi connectivity index (χ3n) is 3.83. The van der Waals surface area contributed by atoms with E-state index < -0.39 is 0 Å². The molecule has 1 atom stereocenters. The summed E-state index contributed by atoms with van der Waals surface area (Å²) in [7, 11) is 0. The molecule has 3 aromatic rings. The van der Waals surface area contributed by atoms with E-state index in [1.165, 1.54) is 0 Å². The number of amides is 1. The van der Waals surface area contributed by atoms with E-state index in [1.807, 2.05) is 63.2 Å². The van der Waals surface area contributed by atoms with Gasteiger partial charge in [0.05, 0.1) is 0 Å². The number of carbonyl (C=O) groups is 1. The second-order valence-corrected chi connectivity index (χ2v) is 5.84. The number of hydrogen-bond donors (Lipinski definition) is 1. The van der Waals surface area contributed by atoms with Crippen molar-refractivity contribution in [1.29, 1.82) is 0 Å². The number of aromatic nitrogens is 2. The summed E-state index contributed by atoms with van der Waals surface area (Å²) in [4.78, 5) is 16.7. The number of aryl methyl sites for hydroxylation is 2. The Labute approximate surface area is 140 Å². The van der Waals surface area contributed by atoms with Crippen molar-refractivity contribution in [1.82, 2.24) is 15.5 Å². The average Bonchev–Trinajstić information content (AvgIpc) is 3.05. The first kappa shape index (κ1) is 15.9. The zero-order valence-corrected chi connectivity index (χ0v) is 13.9. The normalized spacial score (nSPS) is 12.0. The van der Waals surface area contributed by atoms with Crippen molar-refractivity contribution in [3.05, 3.63) is 71.1 Å². The molecule has 1 heterocycles. The maximum Gasteiger partial charge on any atom is 0.251 e. The highest BCUT2D eigenvalue weighted by Gasteiger charge is 2.18. The molecule has 3 rings (SSSR count). The van der Waals surface area contributed by atoms with Gasteiger partial charge in [-0.3, -0.25) is 4.79 Å². The van der Waals surface area contributed by atoms with Gasteiger partial charge in [-0.2, -0.15) is 4.98 Å². The quantitative estimate of drug-likeness (QED) is 0.792. The fraction of sp³-hybridized carbons (Fsp3) is 0.211. The molecular formula is C19H19N3O2. The Hall–Kier alpha value is -2.95. The van der Waals surface area contributed by atoms with E-state index in [9.17, 15) is 4.79 Å². The minimum atomic E-state index is -0.372. The average molecular weight is 321 g/mol. The van der Waals surface area contributed by atoms with Crippen LogP contribution >= 0.6 is 0 Å². The standard InChI is InChI=1S/C19H19N3O2/c1-12-7-6-9-15(11-12)18(23)20-14(3)19-21-17(22-24-19)16-10-5-4-8-13(16)2/h4-11,14H,1-3H3,(H,20,23)/t14-/m1/s1. The van der Waals surface area contributed by atoms with Crippen molar-refractivity contribution in [2.75, 3.05) is 0 Å². The molecule has 1 aromatic heterocycles. The van der Waals surface area contributed by atoms with E-state index in [-0.39, 0.29) is 11.9 Å². The molecule has 0 aliphatic carbocycles. The molecule has 2 aromatic carbocycles. The zero-order valence-electron chi connectivity index (χ0n) is 13.9. The monoisotopic (exact) mass is 321 g/mol. The van der Waals surface area contributed by atoms with Crippen LogP contribution in [0.5, 0.6) is 0 Å². The van der Waals surface area contributed by atoms with Gasteiger partial charge in [0.2, 0.25) is 11.7 Å². The number of benzene rings is 2. The van der Waals surface area contributed by atoms with Crippen molar-refractivity contribution >= 4 is 5.91 Å². The molecule has 0 fully saturated rings. The van der Waals surface area contributed by atoms with Crippen molar-refractivity contribution in [2.24, 2.45) is 0 Å². The van der Waals surface area contributed by atoms with Gasteiger partial charge in [-0.1, -0.05) is 47.1 Å². The van der Waals surface area contributed by atoms with E-state index in [0.717, 1.165) is 16.7 Å². The summed E-state index contributed by atoms with van der Waals surface area (Å²) in [6, 6.07) is 14.9. The number of nitrogens with one attached hydrogen (secondary N) is 1. The first-order valence-electron chi connectivity index (χ1n) is 7.82. The summed E-state index contributed by atoms with van der Waals surface area (Å²) < 4.78 is 5.32. The topological polar surface area (TPSA) is 68.0 Å². The smallest absolute Gasteiger partial charge is 0.251 e. The van der Waals surface area contributed by atoms with Crippen LogP contribution < -0.4 is 5.32 Å². The molecule has 0 unspecified atom stereocenters. The van der Waals surface area contributed by atoms with Crippen LogP contribution in [0.15, 0.2) is 53.1 Å². The predicted molar refractivity (Wildman–Crippen MR) is 91.5 cm³/mol. The summed E-state index contributed by atoms with van der Waals surface area (Å²) in [6.07, 6.45) is 0. The van der Waals surface area contributed by atoms with Crippen LogP contribution in [-0.4, -0.2) is 16.0 Å². The van der Waals surface area contributed by atoms with Crippen LogP contribution in [0.3, 0.4) is 0 Å². The molecule has 24 heavy (non-hydrogen) atoms. The number of rotatable bonds is 4. The van der Waals surface area contributed by atoms with Gasteiger partial charge in [0, 0.05) is 11.1 Å². The van der Waals surface area contributed by atoms with Crippen molar-refractivity contribution < 1.29 is 9.32 Å². The van der Waals surface area contributed by atoms with Gasteiger partial charge in [0.15, 0.2) is 0 Å². The van der Waals surface area contributed by atoms with Crippen LogP contribution in [0.2, 0.25) is 0 Å². The lowest BCUT2D eigenvalue weighted by atomic mass is 10.1. The molecule has 0 aliphatic rings. The van der Waals surface area contributed by atoms with Crippen molar-refractivity contribution in [2.45, 2.75) is 26.8 Å². The van der Waals surface area contributed by atoms with E-state index in [0.29, 0.717) is 17.3 Å². The Morgan fingerprint density at radius 2 is 1.92 bits per heavy atom. The Morgan fingerprint density at radius 1 is 1.12 bits per heavy atom. The van der Waals surface area contributed by atoms with Crippen LogP contribution in [0, 0.1) is 13.8 Å². The minimum Gasteiger partial charge on any atom is -0.341 e. The van der Waals surface area contributed by atoms with Gasteiger partial charge < -0.3 is 9.84 Å². The first-order valence-corrected chi connectivity index (χ1v) is 7.82. The van der Waals surface area contributed by atoms with Crippen LogP contribution in [0.4, 0.5) is 0 Å². The van der Waals surface area contributed by atoms with Gasteiger partial charge in [0.25, 0.3) is 5.91 Å². The Kier molecular flexibility index (Phi) is 4.42. The van der Waals surface area contributed by atoms with Gasteiger partial charge >= 0.3 is 0 Å². The summed E-state index contributed by atoms with van der Waals surface area (Å²) in [5, 5.41) is 6.91. The highest BCUT2D eigenvalue weighted by molar-refractivity contribution is 5.94. The summed E-state index contributed by atoms with van der Waals surface area (Å²) in [5.41, 5.74) is 3.64. The van der Waals surface area contributed by atoms with E-state index in [1.54, 1.807) is 6.07 Å². The molecule has 1 amide bonds. The molecule has 0 aliphatic heterocycles. The molecule has 1 N–H and O–H groups in total. The predicted octanol–water partition coefficient (Wildman–Crippen LogP) is 3.84. The lowest BCUT2D eigenvalue weighted by molar-refractivity contribution is 0.0932. The Bertz CT molecular complexity index is 870. The van der Waals surface area contributed by atoms with Gasteiger partial charge in [0.1, 0.15) is 6.04 Å². The molecule has 122 valence electrons. The van der Waals surface area contributed by atoms with Crippen molar-refractivity contribution in [3.8, 4) is 11.4 Å². The molecule has 0 saturated heterocycles. The maximum absolute atomic E-state index is 12.3. The lowest BCUT2D eigenvalue weighted by Crippen LogP contribution is -2.26. The van der Waals surface area contributed by atoms with Crippen LogP contribution in [0.1, 0.15) is 40.3 Å². The molecular weight excluding hydrogens is 302 g/mol. The molecule has 5 nitrogen and oxygen atoms in total. The number of carbonyl (C=O) groups excluding carboxylic acids is 1. The maximum atomic E-state index is 12.3. The number of nitrogens with zero attached hydrogens (tertiary/aromatic N) is 2. The zero-order chi connectivity index (χ0) is 17.1. The summed E-state index contributed by atoms with van der Waals surface area (Å²) in [5.74, 6) is 0.746. The molecule has 0 radical (unpaired) electrons. The highest BCUT2D eigenvalue weighted by atomic mass is 16.5. The fourth-order valence-electron chi connectivity index (χ4n) is 2.47. The number of hydrogen-bond acceptors (Lipinski definition) is 4. The first-order chi connectivity index (χ1) is 11.5. The van der Waals surface area contributed by atoms with Gasteiger partial charge in [-0.25, -0.2) is 0 Å². The second kappa shape index (κ2) is 6.66. The SMILES string of the molecule is Cc1cccc(C(=O)N[C@H](C)c2nc(-c3ccccc3C)no2)c1. The third-order valence-corrected chi connectivity index (χ3v) is 3.83. The van der Waals surface area contributed by atoms with Crippen LogP contribution in [-0.2, 0) is 0 Å². The molecule has 0 bridgehead atoms.